The Balaban J connectivity index is 2.05. The molecule has 1 fully saturated rings. The summed E-state index contributed by atoms with van der Waals surface area (Å²) < 4.78 is 0. The van der Waals surface area contributed by atoms with E-state index in [2.05, 4.69) is 5.32 Å². The van der Waals surface area contributed by atoms with Crippen LogP contribution < -0.4 is 5.32 Å². The highest BCUT2D eigenvalue weighted by atomic mass is 16.4. The Morgan fingerprint density at radius 3 is 2.68 bits per heavy atom. The van der Waals surface area contributed by atoms with Crippen LogP contribution in [0.3, 0.4) is 0 Å². The molecule has 1 aliphatic rings. The molecule has 4 heteroatoms. The van der Waals surface area contributed by atoms with Gasteiger partial charge in [-0.3, -0.25) is 4.79 Å². The zero-order valence-electron chi connectivity index (χ0n) is 10.8. The highest BCUT2D eigenvalue weighted by Gasteiger charge is 2.22. The van der Waals surface area contributed by atoms with Crippen molar-refractivity contribution in [2.75, 3.05) is 5.32 Å². The fraction of sp³-hybridized carbons (Fsp3) is 0.333. The summed E-state index contributed by atoms with van der Waals surface area (Å²) in [4.78, 5) is 22.6. The highest BCUT2D eigenvalue weighted by Crippen LogP contribution is 2.24. The van der Waals surface area contributed by atoms with Gasteiger partial charge in [0.1, 0.15) is 0 Å². The Morgan fingerprint density at radius 1 is 1.37 bits per heavy atom. The van der Waals surface area contributed by atoms with E-state index in [1.165, 1.54) is 12.1 Å². The molecule has 0 aliphatic heterocycles. The topological polar surface area (TPSA) is 66.4 Å². The second kappa shape index (κ2) is 5.69. The van der Waals surface area contributed by atoms with Gasteiger partial charge in [-0.25, -0.2) is 4.79 Å². The number of hydrogen-bond acceptors (Lipinski definition) is 3. The van der Waals surface area contributed by atoms with Crippen LogP contribution in [0.2, 0.25) is 0 Å². The molecule has 1 atom stereocenters. The first-order valence-corrected chi connectivity index (χ1v) is 6.41. The third-order valence-electron chi connectivity index (χ3n) is 3.39. The van der Waals surface area contributed by atoms with Crippen molar-refractivity contribution in [3.8, 4) is 0 Å². The van der Waals surface area contributed by atoms with E-state index in [0.717, 1.165) is 30.5 Å². The summed E-state index contributed by atoms with van der Waals surface area (Å²) in [6.07, 6.45) is 4.55. The Hall–Kier alpha value is -2.10. The Kier molecular flexibility index (Phi) is 4.00. The van der Waals surface area contributed by atoms with Crippen LogP contribution in [0.4, 0.5) is 5.69 Å². The van der Waals surface area contributed by atoms with Crippen LogP contribution in [0, 0.1) is 5.92 Å². The van der Waals surface area contributed by atoms with Crippen LogP contribution in [0.15, 0.2) is 36.0 Å². The zero-order valence-corrected chi connectivity index (χ0v) is 10.8. The Labute approximate surface area is 112 Å². The lowest BCUT2D eigenvalue weighted by Gasteiger charge is -2.19. The predicted molar refractivity (Wildman–Crippen MR) is 73.1 cm³/mol. The van der Waals surface area contributed by atoms with Crippen molar-refractivity contribution in [2.45, 2.75) is 26.2 Å². The van der Waals surface area contributed by atoms with Crippen molar-refractivity contribution in [1.29, 1.82) is 0 Å². The van der Waals surface area contributed by atoms with Gasteiger partial charge in [-0.1, -0.05) is 6.92 Å². The van der Waals surface area contributed by atoms with E-state index in [-0.39, 0.29) is 17.3 Å². The largest absolute Gasteiger partial charge is 0.478 e. The van der Waals surface area contributed by atoms with Gasteiger partial charge in [-0.05, 0) is 43.5 Å². The van der Waals surface area contributed by atoms with Crippen molar-refractivity contribution in [2.24, 2.45) is 5.92 Å². The van der Waals surface area contributed by atoms with Gasteiger partial charge in [0.15, 0.2) is 5.78 Å². The van der Waals surface area contributed by atoms with Gasteiger partial charge in [-0.2, -0.15) is 0 Å². The van der Waals surface area contributed by atoms with Crippen LogP contribution in [0.1, 0.15) is 36.5 Å². The molecule has 4 nitrogen and oxygen atoms in total. The molecule has 0 radical (unpaired) electrons. The molecule has 0 amide bonds. The van der Waals surface area contributed by atoms with E-state index in [1.54, 1.807) is 18.3 Å². The highest BCUT2D eigenvalue weighted by molar-refractivity contribution is 5.97. The van der Waals surface area contributed by atoms with Crippen molar-refractivity contribution in [1.82, 2.24) is 0 Å². The third kappa shape index (κ3) is 3.22. The maximum Gasteiger partial charge on any atom is 0.335 e. The van der Waals surface area contributed by atoms with Gasteiger partial charge in [-0.15, -0.1) is 0 Å². The van der Waals surface area contributed by atoms with Gasteiger partial charge in [0.05, 0.1) is 5.56 Å². The lowest BCUT2D eigenvalue weighted by Crippen LogP contribution is -2.19. The van der Waals surface area contributed by atoms with E-state index < -0.39 is 5.97 Å². The van der Waals surface area contributed by atoms with Gasteiger partial charge in [0.2, 0.25) is 0 Å². The van der Waals surface area contributed by atoms with Gasteiger partial charge < -0.3 is 10.4 Å². The molecule has 0 spiro atoms. The van der Waals surface area contributed by atoms with E-state index >= 15 is 0 Å². The maximum atomic E-state index is 11.9. The molecule has 1 aromatic rings. The first kappa shape index (κ1) is 13.3. The number of allylic oxidation sites excluding steroid dienone is 1. The molecule has 19 heavy (non-hydrogen) atoms. The quantitative estimate of drug-likeness (QED) is 0.819. The van der Waals surface area contributed by atoms with E-state index in [9.17, 15) is 9.59 Å². The number of rotatable bonds is 3. The average Bonchev–Trinajstić information content (AvgIpc) is 2.41. The van der Waals surface area contributed by atoms with Crippen molar-refractivity contribution in [3.05, 3.63) is 41.6 Å². The number of benzene rings is 1. The number of carbonyl (C=O) groups is 2. The number of hydrogen-bond donors (Lipinski definition) is 2. The number of Topliss-reactive ketones (excluding diaryl/α,β-unsaturated/α-hetero) is 1. The second-order valence-electron chi connectivity index (χ2n) is 4.85. The summed E-state index contributed by atoms with van der Waals surface area (Å²) in [6, 6.07) is 6.46. The molecule has 0 heterocycles. The summed E-state index contributed by atoms with van der Waals surface area (Å²) in [7, 11) is 0. The molecule has 1 aliphatic carbocycles. The first-order valence-electron chi connectivity index (χ1n) is 6.41. The van der Waals surface area contributed by atoms with E-state index in [0.29, 0.717) is 0 Å². The third-order valence-corrected chi connectivity index (χ3v) is 3.39. The molecule has 0 aromatic heterocycles. The minimum absolute atomic E-state index is 0.108. The minimum Gasteiger partial charge on any atom is -0.478 e. The van der Waals surface area contributed by atoms with Crippen LogP contribution in [-0.4, -0.2) is 16.9 Å². The van der Waals surface area contributed by atoms with Crippen molar-refractivity contribution in [3.63, 3.8) is 0 Å². The van der Waals surface area contributed by atoms with Gasteiger partial charge >= 0.3 is 5.97 Å². The Bertz CT molecular complexity index is 517. The number of carboxylic acid groups (broad SMARTS) is 1. The second-order valence-corrected chi connectivity index (χ2v) is 4.85. The lowest BCUT2D eigenvalue weighted by molar-refractivity contribution is -0.119. The number of anilines is 1. The van der Waals surface area contributed by atoms with Crippen LogP contribution in [0.5, 0.6) is 0 Å². The van der Waals surface area contributed by atoms with E-state index in [4.69, 9.17) is 5.11 Å². The average molecular weight is 259 g/mol. The van der Waals surface area contributed by atoms with Crippen LogP contribution in [-0.2, 0) is 4.79 Å². The molecule has 1 saturated carbocycles. The van der Waals surface area contributed by atoms with Crippen LogP contribution >= 0.6 is 0 Å². The molecule has 2 rings (SSSR count). The van der Waals surface area contributed by atoms with Gasteiger partial charge in [0, 0.05) is 23.4 Å². The molecule has 0 saturated heterocycles. The number of carbonyl (C=O) groups excluding carboxylic acids is 1. The van der Waals surface area contributed by atoms with Crippen molar-refractivity contribution < 1.29 is 14.7 Å². The fourth-order valence-electron chi connectivity index (χ4n) is 2.19. The number of ketones is 1. The summed E-state index contributed by atoms with van der Waals surface area (Å²) in [5, 5.41) is 11.9. The fourth-order valence-corrected chi connectivity index (χ4v) is 2.19. The van der Waals surface area contributed by atoms with Crippen LogP contribution in [0.25, 0.3) is 0 Å². The standard InChI is InChI=1S/C15H17NO3/c1-10-3-2-4-12(14(10)17)9-16-13-7-5-11(6-8-13)15(18)19/h5-10,16H,2-4H2,1H3,(H,18,19)/t10-/m1/s1. The molecular formula is C15H17NO3. The normalized spacial score (nSPS) is 21.4. The summed E-state index contributed by atoms with van der Waals surface area (Å²) in [5.74, 6) is -0.627. The summed E-state index contributed by atoms with van der Waals surface area (Å²) in [6.45, 7) is 1.96. The SMILES string of the molecule is C[C@@H]1CCCC(=CNc2ccc(C(=O)O)cc2)C1=O. The minimum atomic E-state index is -0.943. The van der Waals surface area contributed by atoms with Crippen molar-refractivity contribution >= 4 is 17.4 Å². The molecular weight excluding hydrogens is 242 g/mol. The molecule has 100 valence electrons. The molecule has 1 aromatic carbocycles. The number of carboxylic acids is 1. The molecule has 2 N–H and O–H groups in total. The van der Waals surface area contributed by atoms with Gasteiger partial charge in [0.25, 0.3) is 0 Å². The smallest absolute Gasteiger partial charge is 0.335 e. The Morgan fingerprint density at radius 2 is 2.05 bits per heavy atom. The maximum absolute atomic E-state index is 11.9. The molecule has 0 bridgehead atoms. The zero-order chi connectivity index (χ0) is 13.8. The predicted octanol–water partition coefficient (Wildman–Crippen LogP) is 3.07. The lowest BCUT2D eigenvalue weighted by atomic mass is 9.86. The number of aromatic carboxylic acids is 1. The first-order chi connectivity index (χ1) is 9.08. The summed E-state index contributed by atoms with van der Waals surface area (Å²) in [5.41, 5.74) is 1.85. The molecule has 0 unspecified atom stereocenters. The monoisotopic (exact) mass is 259 g/mol. The number of nitrogens with one attached hydrogen (secondary N) is 1. The van der Waals surface area contributed by atoms with E-state index in [1.807, 2.05) is 6.92 Å². The summed E-state index contributed by atoms with van der Waals surface area (Å²) >= 11 is 0.